The number of hydrogen-bond donors (Lipinski definition) is 0. The van der Waals surface area contributed by atoms with Crippen LogP contribution in [-0.2, 0) is 0 Å². The SMILES string of the molecule is Cc1ccnc(SCCC(=O)c2ccccc2)n1. The van der Waals surface area contributed by atoms with E-state index in [9.17, 15) is 4.79 Å². The summed E-state index contributed by atoms with van der Waals surface area (Å²) in [5, 5.41) is 0.732. The standard InChI is InChI=1S/C14H14N2OS/c1-11-7-9-15-14(16-11)18-10-8-13(17)12-5-3-2-4-6-12/h2-7,9H,8,10H2,1H3. The molecule has 0 bridgehead atoms. The summed E-state index contributed by atoms with van der Waals surface area (Å²) in [5.74, 6) is 0.868. The number of ketones is 1. The Bertz CT molecular complexity index is 528. The molecule has 0 radical (unpaired) electrons. The Morgan fingerprint density at radius 1 is 1.22 bits per heavy atom. The molecule has 2 rings (SSSR count). The van der Waals surface area contributed by atoms with Crippen molar-refractivity contribution in [2.24, 2.45) is 0 Å². The van der Waals surface area contributed by atoms with Gasteiger partial charge in [-0.25, -0.2) is 9.97 Å². The fourth-order valence-electron chi connectivity index (χ4n) is 1.50. The lowest BCUT2D eigenvalue weighted by atomic mass is 10.1. The van der Waals surface area contributed by atoms with E-state index in [0.717, 1.165) is 16.4 Å². The van der Waals surface area contributed by atoms with Crippen molar-refractivity contribution in [2.75, 3.05) is 5.75 Å². The van der Waals surface area contributed by atoms with Crippen LogP contribution in [0.1, 0.15) is 22.5 Å². The number of hydrogen-bond acceptors (Lipinski definition) is 4. The summed E-state index contributed by atoms with van der Waals surface area (Å²) in [7, 11) is 0. The van der Waals surface area contributed by atoms with Crippen LogP contribution in [0, 0.1) is 6.92 Å². The monoisotopic (exact) mass is 258 g/mol. The van der Waals surface area contributed by atoms with Gasteiger partial charge in [0.1, 0.15) is 0 Å². The van der Waals surface area contributed by atoms with E-state index in [-0.39, 0.29) is 5.78 Å². The van der Waals surface area contributed by atoms with Gasteiger partial charge < -0.3 is 0 Å². The van der Waals surface area contributed by atoms with Crippen molar-refractivity contribution in [3.05, 3.63) is 53.9 Å². The average Bonchev–Trinajstić information content (AvgIpc) is 2.40. The van der Waals surface area contributed by atoms with Gasteiger partial charge in [-0.1, -0.05) is 42.1 Å². The van der Waals surface area contributed by atoms with E-state index in [4.69, 9.17) is 0 Å². The highest BCUT2D eigenvalue weighted by molar-refractivity contribution is 7.99. The number of aromatic nitrogens is 2. The average molecular weight is 258 g/mol. The maximum Gasteiger partial charge on any atom is 0.187 e. The molecule has 0 amide bonds. The molecular formula is C14H14N2OS. The zero-order valence-corrected chi connectivity index (χ0v) is 11.0. The molecule has 0 aliphatic heterocycles. The van der Waals surface area contributed by atoms with E-state index < -0.39 is 0 Å². The fraction of sp³-hybridized carbons (Fsp3) is 0.214. The Morgan fingerprint density at radius 2 is 2.00 bits per heavy atom. The highest BCUT2D eigenvalue weighted by atomic mass is 32.2. The van der Waals surface area contributed by atoms with Gasteiger partial charge in [0.25, 0.3) is 0 Å². The van der Waals surface area contributed by atoms with Crippen molar-refractivity contribution in [3.63, 3.8) is 0 Å². The van der Waals surface area contributed by atoms with Gasteiger partial charge >= 0.3 is 0 Å². The molecule has 92 valence electrons. The van der Waals surface area contributed by atoms with Crippen LogP contribution < -0.4 is 0 Å². The topological polar surface area (TPSA) is 42.9 Å². The van der Waals surface area contributed by atoms with Crippen LogP contribution in [0.2, 0.25) is 0 Å². The Kier molecular flexibility index (Phi) is 4.47. The number of aryl methyl sites for hydroxylation is 1. The van der Waals surface area contributed by atoms with Crippen molar-refractivity contribution < 1.29 is 4.79 Å². The Labute approximate surface area is 111 Å². The molecule has 18 heavy (non-hydrogen) atoms. The van der Waals surface area contributed by atoms with Crippen molar-refractivity contribution >= 4 is 17.5 Å². The highest BCUT2D eigenvalue weighted by Gasteiger charge is 2.05. The number of nitrogens with zero attached hydrogens (tertiary/aromatic N) is 2. The van der Waals surface area contributed by atoms with Crippen LogP contribution >= 0.6 is 11.8 Å². The molecule has 0 unspecified atom stereocenters. The predicted molar refractivity (Wildman–Crippen MR) is 72.9 cm³/mol. The van der Waals surface area contributed by atoms with Gasteiger partial charge in [-0.05, 0) is 13.0 Å². The summed E-state index contributed by atoms with van der Waals surface area (Å²) in [6.07, 6.45) is 2.25. The molecule has 3 nitrogen and oxygen atoms in total. The highest BCUT2D eigenvalue weighted by Crippen LogP contribution is 2.15. The molecule has 1 aromatic heterocycles. The number of thioether (sulfide) groups is 1. The number of rotatable bonds is 5. The summed E-state index contributed by atoms with van der Waals surface area (Å²) in [5.41, 5.74) is 1.71. The van der Waals surface area contributed by atoms with E-state index in [1.807, 2.05) is 43.3 Å². The lowest BCUT2D eigenvalue weighted by Gasteiger charge is -2.01. The van der Waals surface area contributed by atoms with Gasteiger partial charge in [0, 0.05) is 29.6 Å². The van der Waals surface area contributed by atoms with Crippen LogP contribution in [0.4, 0.5) is 0 Å². The second kappa shape index (κ2) is 6.31. The third-order valence-corrected chi connectivity index (χ3v) is 3.29. The van der Waals surface area contributed by atoms with E-state index in [1.54, 1.807) is 6.20 Å². The smallest absolute Gasteiger partial charge is 0.187 e. The molecule has 0 saturated carbocycles. The van der Waals surface area contributed by atoms with Crippen molar-refractivity contribution in [3.8, 4) is 0 Å². The Hall–Kier alpha value is -1.68. The molecule has 0 aliphatic carbocycles. The quantitative estimate of drug-likeness (QED) is 0.469. The molecule has 0 spiro atoms. The summed E-state index contributed by atoms with van der Waals surface area (Å²) in [6.45, 7) is 1.93. The molecule has 0 N–H and O–H groups in total. The molecule has 0 aliphatic rings. The lowest BCUT2D eigenvalue weighted by Crippen LogP contribution is -2.00. The summed E-state index contributed by atoms with van der Waals surface area (Å²) >= 11 is 1.51. The first-order valence-electron chi connectivity index (χ1n) is 5.76. The molecule has 0 saturated heterocycles. The number of Topliss-reactive ketones (excluding diaryl/α,β-unsaturated/α-hetero) is 1. The molecule has 2 aromatic rings. The van der Waals surface area contributed by atoms with E-state index in [1.165, 1.54) is 11.8 Å². The van der Waals surface area contributed by atoms with Gasteiger partial charge in [-0.3, -0.25) is 4.79 Å². The van der Waals surface area contributed by atoms with Crippen molar-refractivity contribution in [1.82, 2.24) is 9.97 Å². The molecule has 1 aromatic carbocycles. The number of carbonyl (C=O) groups is 1. The maximum atomic E-state index is 11.8. The Balaban J connectivity index is 1.84. The van der Waals surface area contributed by atoms with Gasteiger partial charge in [0.2, 0.25) is 0 Å². The van der Waals surface area contributed by atoms with Gasteiger partial charge in [-0.2, -0.15) is 0 Å². The zero-order valence-electron chi connectivity index (χ0n) is 10.2. The summed E-state index contributed by atoms with van der Waals surface area (Å²) < 4.78 is 0. The molecular weight excluding hydrogens is 244 g/mol. The normalized spacial score (nSPS) is 10.3. The van der Waals surface area contributed by atoms with E-state index >= 15 is 0 Å². The van der Waals surface area contributed by atoms with Gasteiger partial charge in [-0.15, -0.1) is 0 Å². The van der Waals surface area contributed by atoms with Gasteiger partial charge in [0.05, 0.1) is 0 Å². The predicted octanol–water partition coefficient (Wildman–Crippen LogP) is 3.15. The van der Waals surface area contributed by atoms with Crippen LogP contribution in [0.5, 0.6) is 0 Å². The lowest BCUT2D eigenvalue weighted by molar-refractivity contribution is 0.0989. The van der Waals surface area contributed by atoms with E-state index in [2.05, 4.69) is 9.97 Å². The van der Waals surface area contributed by atoms with Gasteiger partial charge in [0.15, 0.2) is 10.9 Å². The Morgan fingerprint density at radius 3 is 2.72 bits per heavy atom. The third-order valence-electron chi connectivity index (χ3n) is 2.43. The fourth-order valence-corrected chi connectivity index (χ4v) is 2.31. The minimum absolute atomic E-state index is 0.163. The number of carbonyl (C=O) groups excluding carboxylic acids is 1. The van der Waals surface area contributed by atoms with Crippen LogP contribution in [0.3, 0.4) is 0 Å². The second-order valence-electron chi connectivity index (χ2n) is 3.87. The minimum atomic E-state index is 0.163. The summed E-state index contributed by atoms with van der Waals surface area (Å²) in [6, 6.07) is 11.2. The van der Waals surface area contributed by atoms with Crippen molar-refractivity contribution in [2.45, 2.75) is 18.5 Å². The van der Waals surface area contributed by atoms with Crippen LogP contribution in [-0.4, -0.2) is 21.5 Å². The number of benzene rings is 1. The second-order valence-corrected chi connectivity index (χ2v) is 4.93. The minimum Gasteiger partial charge on any atom is -0.294 e. The molecule has 4 heteroatoms. The van der Waals surface area contributed by atoms with Crippen LogP contribution in [0.15, 0.2) is 47.8 Å². The first kappa shape index (κ1) is 12.8. The van der Waals surface area contributed by atoms with Crippen molar-refractivity contribution in [1.29, 1.82) is 0 Å². The molecule has 0 atom stereocenters. The zero-order chi connectivity index (χ0) is 12.8. The largest absolute Gasteiger partial charge is 0.294 e. The first-order chi connectivity index (χ1) is 8.75. The van der Waals surface area contributed by atoms with E-state index in [0.29, 0.717) is 12.2 Å². The molecule has 1 heterocycles. The first-order valence-corrected chi connectivity index (χ1v) is 6.75. The van der Waals surface area contributed by atoms with Crippen LogP contribution in [0.25, 0.3) is 0 Å². The summed E-state index contributed by atoms with van der Waals surface area (Å²) in [4.78, 5) is 20.3. The third kappa shape index (κ3) is 3.67. The molecule has 0 fully saturated rings. The maximum absolute atomic E-state index is 11.8.